The van der Waals surface area contributed by atoms with Crippen molar-refractivity contribution in [1.29, 1.82) is 0 Å². The lowest BCUT2D eigenvalue weighted by Crippen LogP contribution is -2.40. The number of rotatable bonds is 6. The standard InChI is InChI=1S/C13H29NO2/c1-12(2,3)14(7)8-9-15-10-11-16-13(4,5)6/h8-11H2,1-7H3. The maximum Gasteiger partial charge on any atom is 0.0707 e. The van der Waals surface area contributed by atoms with E-state index in [1.807, 2.05) is 0 Å². The molecule has 0 aliphatic rings. The molecule has 0 fully saturated rings. The van der Waals surface area contributed by atoms with E-state index in [1.165, 1.54) is 0 Å². The van der Waals surface area contributed by atoms with Gasteiger partial charge in [-0.05, 0) is 48.6 Å². The molecule has 0 unspecified atom stereocenters. The molecular formula is C13H29NO2. The van der Waals surface area contributed by atoms with Crippen LogP contribution in [0.4, 0.5) is 0 Å². The van der Waals surface area contributed by atoms with E-state index in [0.29, 0.717) is 13.2 Å². The van der Waals surface area contributed by atoms with Crippen molar-refractivity contribution in [2.45, 2.75) is 52.7 Å². The Morgan fingerprint density at radius 3 is 1.88 bits per heavy atom. The first-order chi connectivity index (χ1) is 7.13. The van der Waals surface area contributed by atoms with Crippen molar-refractivity contribution < 1.29 is 9.47 Å². The minimum Gasteiger partial charge on any atom is -0.378 e. The van der Waals surface area contributed by atoms with Gasteiger partial charge in [0.1, 0.15) is 0 Å². The first kappa shape index (κ1) is 15.9. The summed E-state index contributed by atoms with van der Waals surface area (Å²) in [5, 5.41) is 0. The maximum absolute atomic E-state index is 5.57. The third-order valence-corrected chi connectivity index (χ3v) is 2.48. The van der Waals surface area contributed by atoms with Crippen molar-refractivity contribution in [1.82, 2.24) is 4.90 Å². The second-order valence-electron chi connectivity index (χ2n) is 6.17. The van der Waals surface area contributed by atoms with Crippen LogP contribution in [0.2, 0.25) is 0 Å². The van der Waals surface area contributed by atoms with Gasteiger partial charge in [0.15, 0.2) is 0 Å². The minimum absolute atomic E-state index is 0.0639. The SMILES string of the molecule is CN(CCOCCOC(C)(C)C)C(C)(C)C. The van der Waals surface area contributed by atoms with Gasteiger partial charge in [-0.25, -0.2) is 0 Å². The molecular weight excluding hydrogens is 202 g/mol. The van der Waals surface area contributed by atoms with Crippen LogP contribution < -0.4 is 0 Å². The van der Waals surface area contributed by atoms with Gasteiger partial charge >= 0.3 is 0 Å². The van der Waals surface area contributed by atoms with Crippen LogP contribution in [-0.2, 0) is 9.47 Å². The van der Waals surface area contributed by atoms with Gasteiger partial charge < -0.3 is 9.47 Å². The van der Waals surface area contributed by atoms with Gasteiger partial charge in [0.05, 0.1) is 25.4 Å². The first-order valence-electron chi connectivity index (χ1n) is 6.06. The smallest absolute Gasteiger partial charge is 0.0707 e. The number of hydrogen-bond donors (Lipinski definition) is 0. The van der Waals surface area contributed by atoms with Gasteiger partial charge in [0.25, 0.3) is 0 Å². The average molecular weight is 231 g/mol. The highest BCUT2D eigenvalue weighted by molar-refractivity contribution is 4.72. The predicted octanol–water partition coefficient (Wildman–Crippen LogP) is 2.55. The molecule has 0 saturated carbocycles. The summed E-state index contributed by atoms with van der Waals surface area (Å²) in [6.45, 7) is 15.8. The van der Waals surface area contributed by atoms with Crippen LogP contribution in [0.3, 0.4) is 0 Å². The van der Waals surface area contributed by atoms with Gasteiger partial charge in [-0.1, -0.05) is 0 Å². The third-order valence-electron chi connectivity index (χ3n) is 2.48. The van der Waals surface area contributed by atoms with Crippen LogP contribution >= 0.6 is 0 Å². The molecule has 98 valence electrons. The Morgan fingerprint density at radius 2 is 1.44 bits per heavy atom. The largest absolute Gasteiger partial charge is 0.378 e. The van der Waals surface area contributed by atoms with E-state index in [9.17, 15) is 0 Å². The summed E-state index contributed by atoms with van der Waals surface area (Å²) >= 11 is 0. The fourth-order valence-corrected chi connectivity index (χ4v) is 1.05. The van der Waals surface area contributed by atoms with E-state index >= 15 is 0 Å². The molecule has 0 radical (unpaired) electrons. The fourth-order valence-electron chi connectivity index (χ4n) is 1.05. The lowest BCUT2D eigenvalue weighted by molar-refractivity contribution is -0.0380. The van der Waals surface area contributed by atoms with E-state index in [2.05, 4.69) is 53.5 Å². The molecule has 3 heteroatoms. The molecule has 3 nitrogen and oxygen atoms in total. The van der Waals surface area contributed by atoms with E-state index in [4.69, 9.17) is 9.47 Å². The lowest BCUT2D eigenvalue weighted by atomic mass is 10.1. The van der Waals surface area contributed by atoms with E-state index in [0.717, 1.165) is 13.2 Å². The van der Waals surface area contributed by atoms with Crippen molar-refractivity contribution in [2.75, 3.05) is 33.4 Å². The summed E-state index contributed by atoms with van der Waals surface area (Å²) in [6, 6.07) is 0. The molecule has 0 heterocycles. The van der Waals surface area contributed by atoms with E-state index in [1.54, 1.807) is 0 Å². The molecule has 0 rings (SSSR count). The van der Waals surface area contributed by atoms with Crippen LogP contribution in [0.1, 0.15) is 41.5 Å². The Bertz CT molecular complexity index is 179. The zero-order valence-corrected chi connectivity index (χ0v) is 12.1. The van der Waals surface area contributed by atoms with E-state index in [-0.39, 0.29) is 11.1 Å². The highest BCUT2D eigenvalue weighted by atomic mass is 16.5. The van der Waals surface area contributed by atoms with Crippen molar-refractivity contribution in [3.8, 4) is 0 Å². The second-order valence-corrected chi connectivity index (χ2v) is 6.17. The molecule has 0 atom stereocenters. The third kappa shape index (κ3) is 9.13. The topological polar surface area (TPSA) is 21.7 Å². The van der Waals surface area contributed by atoms with Crippen LogP contribution in [-0.4, -0.2) is 49.5 Å². The van der Waals surface area contributed by atoms with Gasteiger partial charge in [0.2, 0.25) is 0 Å². The van der Waals surface area contributed by atoms with Crippen molar-refractivity contribution in [3.63, 3.8) is 0 Å². The molecule has 16 heavy (non-hydrogen) atoms. The number of likely N-dealkylation sites (N-methyl/N-ethyl adjacent to an activating group) is 1. The molecule has 0 saturated heterocycles. The minimum atomic E-state index is -0.0639. The molecule has 0 aromatic heterocycles. The van der Waals surface area contributed by atoms with Crippen LogP contribution in [0.5, 0.6) is 0 Å². The normalized spacial score (nSPS) is 13.5. The fraction of sp³-hybridized carbons (Fsp3) is 1.00. The lowest BCUT2D eigenvalue weighted by Gasteiger charge is -2.31. The Kier molecular flexibility index (Phi) is 6.53. The van der Waals surface area contributed by atoms with Crippen LogP contribution in [0.25, 0.3) is 0 Å². The molecule has 0 aromatic rings. The number of hydrogen-bond acceptors (Lipinski definition) is 3. The molecule has 0 aromatic carbocycles. The monoisotopic (exact) mass is 231 g/mol. The van der Waals surface area contributed by atoms with Crippen molar-refractivity contribution in [3.05, 3.63) is 0 Å². The second kappa shape index (κ2) is 6.58. The molecule has 0 aliphatic heterocycles. The predicted molar refractivity (Wildman–Crippen MR) is 68.9 cm³/mol. The van der Waals surface area contributed by atoms with Crippen molar-refractivity contribution >= 4 is 0 Å². The molecule has 0 amide bonds. The van der Waals surface area contributed by atoms with Gasteiger partial charge in [-0.3, -0.25) is 4.90 Å². The molecule has 0 bridgehead atoms. The quantitative estimate of drug-likeness (QED) is 0.656. The Morgan fingerprint density at radius 1 is 0.875 bits per heavy atom. The Hall–Kier alpha value is -0.120. The average Bonchev–Trinajstić information content (AvgIpc) is 2.07. The summed E-state index contributed by atoms with van der Waals surface area (Å²) in [4.78, 5) is 2.29. The summed E-state index contributed by atoms with van der Waals surface area (Å²) < 4.78 is 11.1. The number of nitrogens with zero attached hydrogens (tertiary/aromatic N) is 1. The molecule has 0 N–H and O–H groups in total. The van der Waals surface area contributed by atoms with Crippen LogP contribution in [0.15, 0.2) is 0 Å². The number of ether oxygens (including phenoxy) is 2. The van der Waals surface area contributed by atoms with Crippen LogP contribution in [0, 0.1) is 0 Å². The van der Waals surface area contributed by atoms with Crippen molar-refractivity contribution in [2.24, 2.45) is 0 Å². The summed E-state index contributed by atoms with van der Waals surface area (Å²) in [7, 11) is 2.12. The highest BCUT2D eigenvalue weighted by Gasteiger charge is 2.16. The zero-order valence-electron chi connectivity index (χ0n) is 12.1. The highest BCUT2D eigenvalue weighted by Crippen LogP contribution is 2.09. The Balaban J connectivity index is 3.41. The molecule has 0 spiro atoms. The zero-order chi connectivity index (χ0) is 12.8. The first-order valence-corrected chi connectivity index (χ1v) is 6.06. The van der Waals surface area contributed by atoms with Gasteiger partial charge in [-0.15, -0.1) is 0 Å². The summed E-state index contributed by atoms with van der Waals surface area (Å²) in [5.74, 6) is 0. The van der Waals surface area contributed by atoms with Gasteiger partial charge in [-0.2, -0.15) is 0 Å². The Labute approximate surface area is 101 Å². The summed E-state index contributed by atoms with van der Waals surface area (Å²) in [5.41, 5.74) is 0.150. The molecule has 0 aliphatic carbocycles. The van der Waals surface area contributed by atoms with E-state index < -0.39 is 0 Å². The summed E-state index contributed by atoms with van der Waals surface area (Å²) in [6.07, 6.45) is 0. The maximum atomic E-state index is 5.57. The van der Waals surface area contributed by atoms with Gasteiger partial charge in [0, 0.05) is 12.1 Å².